The second kappa shape index (κ2) is 6.77. The lowest BCUT2D eigenvalue weighted by Crippen LogP contribution is -2.17. The number of aromatic hydroxyl groups is 1. The number of benzene rings is 1. The Morgan fingerprint density at radius 2 is 2.19 bits per heavy atom. The van der Waals surface area contributed by atoms with Gasteiger partial charge in [0.05, 0.1) is 17.3 Å². The normalized spacial score (nSPS) is 12.4. The molecular weight excluding hydrogens is 352 g/mol. The maximum Gasteiger partial charge on any atom is 0.172 e. The van der Waals surface area contributed by atoms with E-state index in [0.717, 1.165) is 22.8 Å². The van der Waals surface area contributed by atoms with Crippen molar-refractivity contribution in [1.29, 1.82) is 0 Å². The SMILES string of the molecule is CCNC(C)c1sc(-c2cc(Br)c(O)c(OC)c2)nc1C. The van der Waals surface area contributed by atoms with E-state index < -0.39 is 0 Å². The molecule has 2 aromatic rings. The molecule has 0 spiro atoms. The molecule has 114 valence electrons. The zero-order valence-electron chi connectivity index (χ0n) is 12.5. The van der Waals surface area contributed by atoms with Crippen molar-refractivity contribution < 1.29 is 9.84 Å². The third-order valence-corrected chi connectivity index (χ3v) is 5.23. The van der Waals surface area contributed by atoms with Crippen molar-refractivity contribution in [1.82, 2.24) is 10.3 Å². The Morgan fingerprint density at radius 3 is 2.81 bits per heavy atom. The molecule has 0 radical (unpaired) electrons. The van der Waals surface area contributed by atoms with Crippen molar-refractivity contribution in [3.63, 3.8) is 0 Å². The van der Waals surface area contributed by atoms with Gasteiger partial charge in [0.1, 0.15) is 5.01 Å². The molecule has 0 aliphatic carbocycles. The van der Waals surface area contributed by atoms with E-state index in [0.29, 0.717) is 10.2 Å². The number of hydrogen-bond donors (Lipinski definition) is 2. The van der Waals surface area contributed by atoms with Crippen LogP contribution in [0.15, 0.2) is 16.6 Å². The fourth-order valence-corrected chi connectivity index (χ4v) is 3.71. The second-order valence-corrected chi connectivity index (χ2v) is 6.64. The van der Waals surface area contributed by atoms with Gasteiger partial charge in [0.2, 0.25) is 0 Å². The minimum absolute atomic E-state index is 0.107. The summed E-state index contributed by atoms with van der Waals surface area (Å²) < 4.78 is 5.80. The van der Waals surface area contributed by atoms with Gasteiger partial charge in [-0.1, -0.05) is 6.92 Å². The molecule has 1 aromatic heterocycles. The van der Waals surface area contributed by atoms with Gasteiger partial charge in [-0.15, -0.1) is 11.3 Å². The van der Waals surface area contributed by atoms with Crippen molar-refractivity contribution in [2.45, 2.75) is 26.8 Å². The number of aromatic nitrogens is 1. The number of nitrogens with one attached hydrogen (secondary N) is 1. The van der Waals surface area contributed by atoms with Crippen LogP contribution in [-0.2, 0) is 0 Å². The highest BCUT2D eigenvalue weighted by molar-refractivity contribution is 9.10. The Labute approximate surface area is 137 Å². The molecule has 0 bridgehead atoms. The first-order chi connectivity index (χ1) is 9.97. The Hall–Kier alpha value is -1.11. The molecule has 6 heteroatoms. The molecular formula is C15H19BrN2O2S. The van der Waals surface area contributed by atoms with Gasteiger partial charge in [0.15, 0.2) is 11.5 Å². The molecule has 2 N–H and O–H groups in total. The van der Waals surface area contributed by atoms with Crippen molar-refractivity contribution in [2.75, 3.05) is 13.7 Å². The maximum atomic E-state index is 9.89. The van der Waals surface area contributed by atoms with E-state index in [2.05, 4.69) is 40.1 Å². The van der Waals surface area contributed by atoms with Gasteiger partial charge in [-0.05, 0) is 48.5 Å². The van der Waals surface area contributed by atoms with E-state index in [9.17, 15) is 5.11 Å². The number of rotatable bonds is 5. The van der Waals surface area contributed by atoms with Crippen LogP contribution in [-0.4, -0.2) is 23.7 Å². The van der Waals surface area contributed by atoms with Gasteiger partial charge in [-0.3, -0.25) is 0 Å². The summed E-state index contributed by atoms with van der Waals surface area (Å²) in [7, 11) is 1.54. The van der Waals surface area contributed by atoms with Crippen molar-refractivity contribution >= 4 is 27.3 Å². The first-order valence-corrected chi connectivity index (χ1v) is 8.36. The fraction of sp³-hybridized carbons (Fsp3) is 0.400. The molecule has 0 amide bonds. The molecule has 2 rings (SSSR count). The van der Waals surface area contributed by atoms with E-state index in [-0.39, 0.29) is 11.8 Å². The highest BCUT2D eigenvalue weighted by atomic mass is 79.9. The largest absolute Gasteiger partial charge is 0.503 e. The quantitative estimate of drug-likeness (QED) is 0.825. The number of hydrogen-bond acceptors (Lipinski definition) is 5. The lowest BCUT2D eigenvalue weighted by Gasteiger charge is -2.10. The Balaban J connectivity index is 2.43. The van der Waals surface area contributed by atoms with Crippen LogP contribution in [0.25, 0.3) is 10.6 Å². The predicted octanol–water partition coefficient (Wildman–Crippen LogP) is 4.27. The number of halogens is 1. The van der Waals surface area contributed by atoms with Gasteiger partial charge in [0, 0.05) is 16.5 Å². The number of phenolic OH excluding ortho intramolecular Hbond substituents is 1. The molecule has 21 heavy (non-hydrogen) atoms. The lowest BCUT2D eigenvalue weighted by molar-refractivity contribution is 0.372. The van der Waals surface area contributed by atoms with Crippen LogP contribution in [0.3, 0.4) is 0 Å². The van der Waals surface area contributed by atoms with E-state index in [4.69, 9.17) is 4.74 Å². The van der Waals surface area contributed by atoms with E-state index >= 15 is 0 Å². The Morgan fingerprint density at radius 1 is 1.48 bits per heavy atom. The van der Waals surface area contributed by atoms with Gasteiger partial charge in [0.25, 0.3) is 0 Å². The fourth-order valence-electron chi connectivity index (χ4n) is 2.19. The summed E-state index contributed by atoms with van der Waals surface area (Å²) in [5.41, 5.74) is 1.96. The first kappa shape index (κ1) is 16.3. The smallest absolute Gasteiger partial charge is 0.172 e. The van der Waals surface area contributed by atoms with Crippen LogP contribution in [0.2, 0.25) is 0 Å². The summed E-state index contributed by atoms with van der Waals surface area (Å²) in [6, 6.07) is 3.95. The minimum Gasteiger partial charge on any atom is -0.503 e. The summed E-state index contributed by atoms with van der Waals surface area (Å²) in [6.45, 7) is 7.18. The summed E-state index contributed by atoms with van der Waals surface area (Å²) in [5.74, 6) is 0.546. The molecule has 0 saturated carbocycles. The van der Waals surface area contributed by atoms with Crippen LogP contribution in [0.4, 0.5) is 0 Å². The zero-order valence-corrected chi connectivity index (χ0v) is 14.9. The van der Waals surface area contributed by atoms with Crippen LogP contribution < -0.4 is 10.1 Å². The minimum atomic E-state index is 0.107. The standard InChI is InChI=1S/C15H19BrN2O2S/c1-5-17-8(2)14-9(3)18-15(21-14)10-6-11(16)13(19)12(7-10)20-4/h6-8,17,19H,5H2,1-4H3. The molecule has 1 unspecified atom stereocenters. The first-order valence-electron chi connectivity index (χ1n) is 6.75. The summed E-state index contributed by atoms with van der Waals surface area (Å²) in [4.78, 5) is 5.88. The number of aryl methyl sites for hydroxylation is 1. The van der Waals surface area contributed by atoms with E-state index in [1.165, 1.54) is 12.0 Å². The monoisotopic (exact) mass is 370 g/mol. The van der Waals surface area contributed by atoms with Crippen LogP contribution in [0.5, 0.6) is 11.5 Å². The highest BCUT2D eigenvalue weighted by Gasteiger charge is 2.17. The van der Waals surface area contributed by atoms with Crippen molar-refractivity contribution in [3.8, 4) is 22.1 Å². The molecule has 1 atom stereocenters. The summed E-state index contributed by atoms with van der Waals surface area (Å²) >= 11 is 5.01. The molecule has 0 aliphatic rings. The van der Waals surface area contributed by atoms with E-state index in [1.54, 1.807) is 17.4 Å². The molecule has 0 saturated heterocycles. The molecule has 1 heterocycles. The topological polar surface area (TPSA) is 54.4 Å². The zero-order chi connectivity index (χ0) is 15.6. The number of ether oxygens (including phenoxy) is 1. The average Bonchev–Trinajstić information content (AvgIpc) is 2.84. The lowest BCUT2D eigenvalue weighted by atomic mass is 10.2. The number of methoxy groups -OCH3 is 1. The number of thiazole rings is 1. The highest BCUT2D eigenvalue weighted by Crippen LogP contribution is 2.40. The number of nitrogens with zero attached hydrogens (tertiary/aromatic N) is 1. The van der Waals surface area contributed by atoms with Crippen LogP contribution in [0.1, 0.15) is 30.5 Å². The Kier molecular flexibility index (Phi) is 5.24. The predicted molar refractivity (Wildman–Crippen MR) is 90.3 cm³/mol. The molecule has 1 aromatic carbocycles. The summed E-state index contributed by atoms with van der Waals surface area (Å²) in [6.07, 6.45) is 0. The number of phenols is 1. The van der Waals surface area contributed by atoms with Gasteiger partial charge < -0.3 is 15.2 Å². The molecule has 4 nitrogen and oxygen atoms in total. The van der Waals surface area contributed by atoms with Gasteiger partial charge >= 0.3 is 0 Å². The van der Waals surface area contributed by atoms with E-state index in [1.807, 2.05) is 13.0 Å². The third kappa shape index (κ3) is 3.39. The average molecular weight is 371 g/mol. The van der Waals surface area contributed by atoms with Crippen molar-refractivity contribution in [3.05, 3.63) is 27.2 Å². The maximum absolute atomic E-state index is 9.89. The van der Waals surface area contributed by atoms with Crippen LogP contribution >= 0.6 is 27.3 Å². The third-order valence-electron chi connectivity index (χ3n) is 3.23. The van der Waals surface area contributed by atoms with Crippen LogP contribution in [0, 0.1) is 6.92 Å². The summed E-state index contributed by atoms with van der Waals surface area (Å²) in [5, 5.41) is 14.2. The molecule has 0 fully saturated rings. The van der Waals surface area contributed by atoms with Gasteiger partial charge in [-0.2, -0.15) is 0 Å². The molecule has 0 aliphatic heterocycles. The van der Waals surface area contributed by atoms with Crippen molar-refractivity contribution in [2.24, 2.45) is 0 Å². The second-order valence-electron chi connectivity index (χ2n) is 4.76. The Bertz CT molecular complexity index is 643. The van der Waals surface area contributed by atoms with Gasteiger partial charge in [-0.25, -0.2) is 4.98 Å².